The van der Waals surface area contributed by atoms with Crippen molar-refractivity contribution < 1.29 is 38.1 Å². The van der Waals surface area contributed by atoms with E-state index in [2.05, 4.69) is 74.3 Å². The van der Waals surface area contributed by atoms with Crippen molar-refractivity contribution in [3.63, 3.8) is 0 Å². The Labute approximate surface area is 417 Å². The van der Waals surface area contributed by atoms with Gasteiger partial charge in [0.1, 0.15) is 25.9 Å². The molecule has 1 atom stereocenters. The van der Waals surface area contributed by atoms with Gasteiger partial charge >= 0.3 is 23.9 Å². The zero-order valence-corrected chi connectivity index (χ0v) is 44.6. The topological polar surface area (TPSA) is 108 Å². The summed E-state index contributed by atoms with van der Waals surface area (Å²) in [5.41, 5.74) is -1.10. The van der Waals surface area contributed by atoms with Crippen LogP contribution in [0.4, 0.5) is 0 Å². The largest absolute Gasteiger partial charge is 0.465 e. The summed E-state index contributed by atoms with van der Waals surface area (Å²) in [5.74, 6) is -1.88. The SMILES string of the molecule is CCCCC/C=C\C/C=C\CCCCCCCC(=O)OCC(COC(=O)CCCCCCC/C=C\C/C=C\CCCCC)COC(=O)C(C)(C)C(CCCCCC)OC(=O)CCCN1CCCC1. The molecule has 0 amide bonds. The second-order valence-corrected chi connectivity index (χ2v) is 20.0. The molecule has 1 heterocycles. The number of esters is 4. The second kappa shape index (κ2) is 45.0. The minimum absolute atomic E-state index is 0.0176. The molecule has 0 spiro atoms. The Balaban J connectivity index is 2.65. The van der Waals surface area contributed by atoms with Gasteiger partial charge in [0, 0.05) is 19.3 Å². The van der Waals surface area contributed by atoms with Crippen LogP contribution in [0.25, 0.3) is 0 Å². The van der Waals surface area contributed by atoms with Crippen LogP contribution < -0.4 is 0 Å². The van der Waals surface area contributed by atoms with Gasteiger partial charge in [0.25, 0.3) is 0 Å². The Hall–Kier alpha value is -3.20. The van der Waals surface area contributed by atoms with E-state index in [0.717, 1.165) is 142 Å². The van der Waals surface area contributed by atoms with Crippen LogP contribution in [0.3, 0.4) is 0 Å². The average Bonchev–Trinajstić information content (AvgIpc) is 3.85. The summed E-state index contributed by atoms with van der Waals surface area (Å²) in [7, 11) is 0. The summed E-state index contributed by atoms with van der Waals surface area (Å²) in [6.07, 6.45) is 50.6. The van der Waals surface area contributed by atoms with Gasteiger partial charge in [-0.05, 0) is 143 Å². The molecule has 1 aliphatic heterocycles. The number of ether oxygens (including phenoxy) is 4. The second-order valence-electron chi connectivity index (χ2n) is 20.0. The highest BCUT2D eigenvalue weighted by molar-refractivity contribution is 5.78. The molecule has 0 bridgehead atoms. The molecule has 0 radical (unpaired) electrons. The van der Waals surface area contributed by atoms with Crippen LogP contribution in [0.1, 0.15) is 247 Å². The molecule has 1 saturated heterocycles. The molecular formula is C59H103NO8. The third-order valence-electron chi connectivity index (χ3n) is 13.1. The summed E-state index contributed by atoms with van der Waals surface area (Å²) in [4.78, 5) is 55.0. The van der Waals surface area contributed by atoms with Gasteiger partial charge in [-0.25, -0.2) is 0 Å². The van der Waals surface area contributed by atoms with Gasteiger partial charge < -0.3 is 23.8 Å². The first-order valence-corrected chi connectivity index (χ1v) is 28.1. The standard InChI is InChI=1S/C59H103NO8/c1-6-9-12-15-17-19-21-23-25-27-29-31-33-35-38-44-55(61)65-50-53(51-66-56(62)45-39-36-34-32-30-28-26-24-22-20-18-16-13-10-7-2)52-67-58(64)59(4,5)54(43-37-14-11-8-3)68-57(63)46-42-49-60-47-40-41-48-60/h17-20,23-26,53-54H,6-16,21-22,27-52H2,1-5H3/b19-17-,20-18-,25-23-,26-24-. The van der Waals surface area contributed by atoms with E-state index in [1.807, 2.05) is 0 Å². The van der Waals surface area contributed by atoms with Crippen molar-refractivity contribution >= 4 is 23.9 Å². The van der Waals surface area contributed by atoms with Gasteiger partial charge in [-0.3, -0.25) is 19.2 Å². The van der Waals surface area contributed by atoms with E-state index in [0.29, 0.717) is 25.7 Å². The first-order valence-electron chi connectivity index (χ1n) is 28.1. The lowest BCUT2D eigenvalue weighted by molar-refractivity contribution is -0.173. The summed E-state index contributed by atoms with van der Waals surface area (Å²) in [5, 5.41) is 0. The van der Waals surface area contributed by atoms with Crippen molar-refractivity contribution in [2.75, 3.05) is 39.5 Å². The maximum atomic E-state index is 13.8. The highest BCUT2D eigenvalue weighted by Crippen LogP contribution is 2.31. The maximum absolute atomic E-state index is 13.8. The predicted octanol–water partition coefficient (Wildman–Crippen LogP) is 15.6. The van der Waals surface area contributed by atoms with Crippen molar-refractivity contribution in [3.8, 4) is 0 Å². The summed E-state index contributed by atoms with van der Waals surface area (Å²) in [6.45, 7) is 13.1. The van der Waals surface area contributed by atoms with E-state index in [1.165, 1.54) is 64.2 Å². The van der Waals surface area contributed by atoms with Gasteiger partial charge in [0.05, 0.1) is 11.3 Å². The number of nitrogens with zero attached hydrogens (tertiary/aromatic N) is 1. The van der Waals surface area contributed by atoms with Crippen molar-refractivity contribution in [3.05, 3.63) is 48.6 Å². The number of carbonyl (C=O) groups excluding carboxylic acids is 4. The van der Waals surface area contributed by atoms with Crippen molar-refractivity contribution in [2.45, 2.75) is 253 Å². The first-order chi connectivity index (χ1) is 33.1. The van der Waals surface area contributed by atoms with E-state index >= 15 is 0 Å². The van der Waals surface area contributed by atoms with Crippen LogP contribution in [0.2, 0.25) is 0 Å². The Morgan fingerprint density at radius 1 is 0.471 bits per heavy atom. The fourth-order valence-corrected chi connectivity index (χ4v) is 8.38. The number of carbonyl (C=O) groups is 4. The third-order valence-corrected chi connectivity index (χ3v) is 13.1. The van der Waals surface area contributed by atoms with Crippen LogP contribution in [-0.4, -0.2) is 74.3 Å². The summed E-state index contributed by atoms with van der Waals surface area (Å²) < 4.78 is 23.4. The minimum Gasteiger partial charge on any atom is -0.465 e. The number of allylic oxidation sites excluding steroid dienone is 8. The molecule has 0 saturated carbocycles. The maximum Gasteiger partial charge on any atom is 0.315 e. The molecule has 0 aromatic heterocycles. The minimum atomic E-state index is -1.10. The highest BCUT2D eigenvalue weighted by Gasteiger charge is 2.41. The molecule has 68 heavy (non-hydrogen) atoms. The molecule has 0 N–H and O–H groups in total. The van der Waals surface area contributed by atoms with Gasteiger partial charge in [-0.15, -0.1) is 0 Å². The molecule has 0 aromatic carbocycles. The zero-order valence-electron chi connectivity index (χ0n) is 44.6. The molecule has 392 valence electrons. The van der Waals surface area contributed by atoms with Crippen LogP contribution in [0.15, 0.2) is 48.6 Å². The van der Waals surface area contributed by atoms with Gasteiger partial charge in [0.2, 0.25) is 0 Å². The van der Waals surface area contributed by atoms with Crippen LogP contribution in [0, 0.1) is 11.3 Å². The third kappa shape index (κ3) is 36.7. The predicted molar refractivity (Wildman–Crippen MR) is 282 cm³/mol. The lowest BCUT2D eigenvalue weighted by Crippen LogP contribution is -2.42. The Morgan fingerprint density at radius 3 is 1.35 bits per heavy atom. The highest BCUT2D eigenvalue weighted by atomic mass is 16.6. The fraction of sp³-hybridized carbons (Fsp3) is 0.797. The number of hydrogen-bond donors (Lipinski definition) is 0. The van der Waals surface area contributed by atoms with Crippen LogP contribution in [0.5, 0.6) is 0 Å². The van der Waals surface area contributed by atoms with Crippen molar-refractivity contribution in [1.29, 1.82) is 0 Å². The molecule has 1 fully saturated rings. The molecular weight excluding hydrogens is 851 g/mol. The zero-order chi connectivity index (χ0) is 49.6. The molecule has 1 rings (SSSR count). The van der Waals surface area contributed by atoms with Crippen molar-refractivity contribution in [2.24, 2.45) is 11.3 Å². The van der Waals surface area contributed by atoms with E-state index in [4.69, 9.17) is 18.9 Å². The van der Waals surface area contributed by atoms with Crippen LogP contribution >= 0.6 is 0 Å². The Morgan fingerprint density at radius 2 is 0.868 bits per heavy atom. The van der Waals surface area contributed by atoms with Gasteiger partial charge in [-0.2, -0.15) is 0 Å². The molecule has 0 aliphatic carbocycles. The summed E-state index contributed by atoms with van der Waals surface area (Å²) in [6, 6.07) is 0. The normalized spacial score (nSPS) is 14.0. The quantitative estimate of drug-likeness (QED) is 0.0255. The number of unbranched alkanes of at least 4 members (excludes halogenated alkanes) is 19. The summed E-state index contributed by atoms with van der Waals surface area (Å²) >= 11 is 0. The number of rotatable bonds is 46. The lowest BCUT2D eigenvalue weighted by atomic mass is 9.83. The molecule has 1 aliphatic rings. The lowest BCUT2D eigenvalue weighted by Gasteiger charge is -2.32. The Kier molecular flexibility index (Phi) is 41.5. The number of hydrogen-bond acceptors (Lipinski definition) is 9. The van der Waals surface area contributed by atoms with E-state index in [1.54, 1.807) is 13.8 Å². The van der Waals surface area contributed by atoms with Crippen molar-refractivity contribution in [1.82, 2.24) is 4.90 Å². The van der Waals surface area contributed by atoms with Crippen LogP contribution in [-0.2, 0) is 38.1 Å². The first kappa shape index (κ1) is 62.8. The average molecular weight is 954 g/mol. The molecule has 9 nitrogen and oxygen atoms in total. The van der Waals surface area contributed by atoms with Gasteiger partial charge in [-0.1, -0.05) is 153 Å². The fourth-order valence-electron chi connectivity index (χ4n) is 8.38. The van der Waals surface area contributed by atoms with E-state index < -0.39 is 23.4 Å². The van der Waals surface area contributed by atoms with E-state index in [-0.39, 0.29) is 37.7 Å². The monoisotopic (exact) mass is 954 g/mol. The van der Waals surface area contributed by atoms with Gasteiger partial charge in [0.15, 0.2) is 0 Å². The smallest absolute Gasteiger partial charge is 0.315 e. The Bertz CT molecular complexity index is 1300. The van der Waals surface area contributed by atoms with E-state index in [9.17, 15) is 19.2 Å². The molecule has 1 unspecified atom stereocenters. The number of likely N-dealkylation sites (tertiary alicyclic amines) is 1. The molecule has 0 aromatic rings. The molecule has 9 heteroatoms.